The normalized spacial score (nSPS) is 16.9. The fraction of sp³-hybridized carbons (Fsp3) is 0.650. The highest BCUT2D eigenvalue weighted by atomic mass is 16.5. The number of fused-ring (bicyclic) bond motifs is 3. The maximum absolute atomic E-state index is 13.4. The number of morpholine rings is 1. The van der Waals surface area contributed by atoms with Gasteiger partial charge in [0.05, 0.1) is 13.2 Å². The molecule has 0 saturated carbocycles. The van der Waals surface area contributed by atoms with E-state index in [1.54, 1.807) is 7.05 Å². The van der Waals surface area contributed by atoms with Gasteiger partial charge in [-0.3, -0.25) is 23.2 Å². The molecule has 0 aromatic carbocycles. The first-order valence-corrected chi connectivity index (χ1v) is 10.4. The van der Waals surface area contributed by atoms with Crippen LogP contribution in [0, 0.1) is 13.8 Å². The molecule has 158 valence electrons. The quantitative estimate of drug-likeness (QED) is 0.638. The van der Waals surface area contributed by atoms with Crippen LogP contribution in [0.4, 0.5) is 0 Å². The number of aryl methyl sites for hydroxylation is 2. The third-order valence-electron chi connectivity index (χ3n) is 6.34. The van der Waals surface area contributed by atoms with Crippen molar-refractivity contribution in [3.63, 3.8) is 0 Å². The lowest BCUT2D eigenvalue weighted by molar-refractivity contribution is 0.0361. The molecule has 1 aliphatic rings. The predicted molar refractivity (Wildman–Crippen MR) is 112 cm³/mol. The van der Waals surface area contributed by atoms with Crippen molar-refractivity contribution in [3.8, 4) is 0 Å². The van der Waals surface area contributed by atoms with E-state index in [9.17, 15) is 9.59 Å². The maximum atomic E-state index is 13.4. The van der Waals surface area contributed by atoms with E-state index in [1.807, 2.05) is 11.3 Å². The molecule has 3 aromatic rings. The fourth-order valence-electron chi connectivity index (χ4n) is 4.25. The fourth-order valence-corrected chi connectivity index (χ4v) is 4.25. The molecule has 3 aromatic heterocycles. The molecule has 4 heterocycles. The van der Waals surface area contributed by atoms with Gasteiger partial charge in [-0.1, -0.05) is 6.92 Å². The summed E-state index contributed by atoms with van der Waals surface area (Å²) in [5.41, 5.74) is 2.41. The van der Waals surface area contributed by atoms with Crippen LogP contribution in [0.2, 0.25) is 0 Å². The Labute approximate surface area is 169 Å². The summed E-state index contributed by atoms with van der Waals surface area (Å²) in [6, 6.07) is 0.253. The highest BCUT2D eigenvalue weighted by molar-refractivity contribution is 5.76. The number of hydrogen-bond acceptors (Lipinski definition) is 5. The molecule has 0 amide bonds. The molecule has 0 bridgehead atoms. The van der Waals surface area contributed by atoms with Crippen molar-refractivity contribution in [1.82, 2.24) is 28.0 Å². The molecule has 1 saturated heterocycles. The summed E-state index contributed by atoms with van der Waals surface area (Å²) < 4.78 is 12.3. The average molecular weight is 402 g/mol. The van der Waals surface area contributed by atoms with E-state index in [0.717, 1.165) is 36.7 Å². The van der Waals surface area contributed by atoms with Crippen molar-refractivity contribution < 1.29 is 4.74 Å². The second-order valence-corrected chi connectivity index (χ2v) is 7.97. The predicted octanol–water partition coefficient (Wildman–Crippen LogP) is 1.07. The van der Waals surface area contributed by atoms with Crippen LogP contribution in [-0.4, -0.2) is 60.8 Å². The Bertz CT molecular complexity index is 1180. The van der Waals surface area contributed by atoms with Crippen LogP contribution in [0.15, 0.2) is 9.59 Å². The molecule has 0 spiro atoms. The lowest BCUT2D eigenvalue weighted by Gasteiger charge is -2.26. The van der Waals surface area contributed by atoms with Gasteiger partial charge in [0.25, 0.3) is 5.56 Å². The van der Waals surface area contributed by atoms with Gasteiger partial charge in [0.1, 0.15) is 0 Å². The number of hydrogen-bond donors (Lipinski definition) is 0. The van der Waals surface area contributed by atoms with Crippen LogP contribution < -0.4 is 11.2 Å². The summed E-state index contributed by atoms with van der Waals surface area (Å²) in [6.07, 6.45) is 0.955. The molecule has 0 aliphatic carbocycles. The van der Waals surface area contributed by atoms with Gasteiger partial charge in [-0.15, -0.1) is 0 Å². The van der Waals surface area contributed by atoms with Gasteiger partial charge >= 0.3 is 5.69 Å². The van der Waals surface area contributed by atoms with E-state index in [1.165, 1.54) is 9.13 Å². The number of rotatable bonds is 5. The zero-order valence-electron chi connectivity index (χ0n) is 17.9. The monoisotopic (exact) mass is 402 g/mol. The molecule has 0 N–H and O–H groups in total. The number of nitrogens with zero attached hydrogens (tertiary/aromatic N) is 6. The highest BCUT2D eigenvalue weighted by Gasteiger charge is 2.24. The molecule has 0 radical (unpaired) electrons. The summed E-state index contributed by atoms with van der Waals surface area (Å²) >= 11 is 0. The summed E-state index contributed by atoms with van der Waals surface area (Å²) in [4.78, 5) is 33.3. The Kier molecular flexibility index (Phi) is 5.12. The van der Waals surface area contributed by atoms with Gasteiger partial charge in [0.2, 0.25) is 5.78 Å². The van der Waals surface area contributed by atoms with E-state index in [-0.39, 0.29) is 17.3 Å². The Balaban J connectivity index is 1.90. The minimum absolute atomic E-state index is 0.253. The maximum Gasteiger partial charge on any atom is 0.332 e. The minimum atomic E-state index is -0.319. The number of aromatic nitrogens is 5. The van der Waals surface area contributed by atoms with Crippen molar-refractivity contribution >= 4 is 16.9 Å². The SMILES string of the molecule is CCC(C)n1c(C)c(C)n2c3c(=O)n(CCN4CCOCC4)c(=O)n(C)c3nc12. The third-order valence-corrected chi connectivity index (χ3v) is 6.34. The Hall–Kier alpha value is -2.39. The molecule has 1 fully saturated rings. The zero-order chi connectivity index (χ0) is 20.9. The molecular weight excluding hydrogens is 372 g/mol. The van der Waals surface area contributed by atoms with Gasteiger partial charge < -0.3 is 9.30 Å². The van der Waals surface area contributed by atoms with Crippen LogP contribution in [0.5, 0.6) is 0 Å². The van der Waals surface area contributed by atoms with E-state index >= 15 is 0 Å². The van der Waals surface area contributed by atoms with Crippen LogP contribution >= 0.6 is 0 Å². The first-order valence-electron chi connectivity index (χ1n) is 10.4. The van der Waals surface area contributed by atoms with Gasteiger partial charge in [0.15, 0.2) is 11.2 Å². The molecule has 9 heteroatoms. The zero-order valence-corrected chi connectivity index (χ0v) is 17.9. The summed E-state index contributed by atoms with van der Waals surface area (Å²) in [5.74, 6) is 0.724. The van der Waals surface area contributed by atoms with Crippen molar-refractivity contribution in [2.75, 3.05) is 32.8 Å². The number of ether oxygens (including phenoxy) is 1. The molecule has 4 rings (SSSR count). The van der Waals surface area contributed by atoms with Gasteiger partial charge in [0, 0.05) is 50.7 Å². The van der Waals surface area contributed by atoms with Crippen molar-refractivity contribution in [1.29, 1.82) is 0 Å². The summed E-state index contributed by atoms with van der Waals surface area (Å²) in [6.45, 7) is 12.4. The second-order valence-electron chi connectivity index (χ2n) is 7.97. The van der Waals surface area contributed by atoms with Gasteiger partial charge in [-0.2, -0.15) is 4.98 Å². The van der Waals surface area contributed by atoms with E-state index < -0.39 is 0 Å². The minimum Gasteiger partial charge on any atom is -0.379 e. The van der Waals surface area contributed by atoms with Crippen molar-refractivity contribution in [2.45, 2.75) is 46.7 Å². The Morgan fingerprint density at radius 3 is 2.45 bits per heavy atom. The smallest absolute Gasteiger partial charge is 0.332 e. The summed E-state index contributed by atoms with van der Waals surface area (Å²) in [5, 5.41) is 0. The van der Waals surface area contributed by atoms with Gasteiger partial charge in [-0.25, -0.2) is 4.79 Å². The summed E-state index contributed by atoms with van der Waals surface area (Å²) in [7, 11) is 1.69. The molecule has 1 unspecified atom stereocenters. The Morgan fingerprint density at radius 1 is 1.10 bits per heavy atom. The third kappa shape index (κ3) is 3.03. The first kappa shape index (κ1) is 19.9. The van der Waals surface area contributed by atoms with Crippen LogP contribution in [-0.2, 0) is 18.3 Å². The average Bonchev–Trinajstić information content (AvgIpc) is 3.22. The van der Waals surface area contributed by atoms with Crippen LogP contribution in [0.1, 0.15) is 37.7 Å². The topological polar surface area (TPSA) is 78.7 Å². The first-order chi connectivity index (χ1) is 13.9. The molecule has 1 atom stereocenters. The van der Waals surface area contributed by atoms with E-state index in [2.05, 4.69) is 30.2 Å². The van der Waals surface area contributed by atoms with Gasteiger partial charge in [-0.05, 0) is 27.2 Å². The van der Waals surface area contributed by atoms with Crippen LogP contribution in [0.3, 0.4) is 0 Å². The highest BCUT2D eigenvalue weighted by Crippen LogP contribution is 2.25. The molecule has 1 aliphatic heterocycles. The Morgan fingerprint density at radius 2 is 1.79 bits per heavy atom. The lowest BCUT2D eigenvalue weighted by atomic mass is 10.2. The van der Waals surface area contributed by atoms with Crippen LogP contribution in [0.25, 0.3) is 16.9 Å². The van der Waals surface area contributed by atoms with Crippen molar-refractivity contribution in [3.05, 3.63) is 32.2 Å². The van der Waals surface area contributed by atoms with Crippen molar-refractivity contribution in [2.24, 2.45) is 7.05 Å². The molecule has 29 heavy (non-hydrogen) atoms. The lowest BCUT2D eigenvalue weighted by Crippen LogP contribution is -2.44. The largest absolute Gasteiger partial charge is 0.379 e. The van der Waals surface area contributed by atoms with E-state index in [0.29, 0.717) is 37.5 Å². The standard InChI is InChI=1S/C20H30N6O3/c1-6-13(2)25-14(3)15(4)26-16-17(21-19(25)26)22(5)20(28)24(18(16)27)8-7-23-9-11-29-12-10-23/h13H,6-12H2,1-5H3. The number of imidazole rings is 2. The second kappa shape index (κ2) is 7.46. The molecule has 9 nitrogen and oxygen atoms in total. The molecular formula is C20H30N6O3. The van der Waals surface area contributed by atoms with E-state index in [4.69, 9.17) is 9.72 Å².